The lowest BCUT2D eigenvalue weighted by molar-refractivity contribution is -0.140. The number of hydrogen-bond donors (Lipinski definition) is 1. The quantitative estimate of drug-likeness (QED) is 0.451. The Morgan fingerprint density at radius 3 is 2.39 bits per heavy atom. The zero-order valence-corrected chi connectivity index (χ0v) is 21.6. The zero-order chi connectivity index (χ0) is 26.0. The van der Waals surface area contributed by atoms with Gasteiger partial charge in [-0.3, -0.25) is 23.9 Å². The van der Waals surface area contributed by atoms with Crippen molar-refractivity contribution in [2.75, 3.05) is 42.5 Å². The predicted octanol–water partition coefficient (Wildman–Crippen LogP) is 2.66. The van der Waals surface area contributed by atoms with Crippen LogP contribution in [0.5, 0.6) is 0 Å². The van der Waals surface area contributed by atoms with Crippen LogP contribution in [0.1, 0.15) is 23.6 Å². The normalized spacial score (nSPS) is 17.1. The number of amides is 1. The number of nitriles is 1. The maximum absolute atomic E-state index is 13.2. The molecule has 2 aromatic rings. The number of pyridine rings is 1. The summed E-state index contributed by atoms with van der Waals surface area (Å²) >= 11 is 6.26. The highest BCUT2D eigenvalue weighted by atomic mass is 32.2. The number of thioether (sulfide) groups is 1. The third-order valence-electron chi connectivity index (χ3n) is 6.31. The van der Waals surface area contributed by atoms with Gasteiger partial charge in [0, 0.05) is 44.0 Å². The number of benzene rings is 1. The van der Waals surface area contributed by atoms with Crippen LogP contribution in [0.25, 0.3) is 6.08 Å². The van der Waals surface area contributed by atoms with Gasteiger partial charge in [-0.1, -0.05) is 42.2 Å². The fraction of sp³-hybridized carbons (Fsp3) is 0.320. The fourth-order valence-electron chi connectivity index (χ4n) is 4.50. The van der Waals surface area contributed by atoms with Crippen molar-refractivity contribution in [2.24, 2.45) is 0 Å². The second-order valence-electron chi connectivity index (χ2n) is 8.37. The number of carbonyl (C=O) groups is 2. The van der Waals surface area contributed by atoms with Crippen LogP contribution in [0, 0.1) is 18.3 Å². The third-order valence-corrected chi connectivity index (χ3v) is 7.68. The van der Waals surface area contributed by atoms with E-state index in [-0.39, 0.29) is 20.3 Å². The van der Waals surface area contributed by atoms with Crippen LogP contribution >= 0.6 is 24.0 Å². The SMILES string of the molecule is CCn1c(N2CCN(c3ccccc3)CC2)c(/C=C2/SC(=S)N(CC(=O)O)C2=O)c(C)c(C#N)c1=O. The first-order valence-electron chi connectivity index (χ1n) is 11.5. The highest BCUT2D eigenvalue weighted by Crippen LogP contribution is 2.36. The number of carboxylic acid groups (broad SMARTS) is 1. The second-order valence-corrected chi connectivity index (χ2v) is 10.0. The molecule has 2 aliphatic heterocycles. The minimum Gasteiger partial charge on any atom is -0.480 e. The molecule has 0 radical (unpaired) electrons. The number of nitrogens with zero attached hydrogens (tertiary/aromatic N) is 5. The average molecular weight is 524 g/mol. The maximum Gasteiger partial charge on any atom is 0.323 e. The lowest BCUT2D eigenvalue weighted by Crippen LogP contribution is -2.48. The maximum atomic E-state index is 13.2. The molecule has 1 aromatic carbocycles. The van der Waals surface area contributed by atoms with Gasteiger partial charge in [-0.2, -0.15) is 5.26 Å². The van der Waals surface area contributed by atoms with Crippen LogP contribution in [-0.2, 0) is 16.1 Å². The molecule has 2 aliphatic rings. The van der Waals surface area contributed by atoms with E-state index in [9.17, 15) is 19.6 Å². The number of anilines is 2. The van der Waals surface area contributed by atoms with Gasteiger partial charge in [-0.05, 0) is 37.6 Å². The lowest BCUT2D eigenvalue weighted by atomic mass is 10.0. The number of aliphatic carboxylic acids is 1. The Hall–Kier alpha value is -3.62. The summed E-state index contributed by atoms with van der Waals surface area (Å²) in [5, 5.41) is 18.9. The molecule has 0 bridgehead atoms. The van der Waals surface area contributed by atoms with E-state index >= 15 is 0 Å². The fourth-order valence-corrected chi connectivity index (χ4v) is 5.73. The van der Waals surface area contributed by atoms with Gasteiger partial charge < -0.3 is 14.9 Å². The van der Waals surface area contributed by atoms with Crippen molar-refractivity contribution in [3.8, 4) is 6.07 Å². The van der Waals surface area contributed by atoms with Gasteiger partial charge in [0.05, 0.1) is 4.91 Å². The van der Waals surface area contributed by atoms with E-state index in [0.29, 0.717) is 36.6 Å². The summed E-state index contributed by atoms with van der Waals surface area (Å²) < 4.78 is 1.74. The van der Waals surface area contributed by atoms with Gasteiger partial charge in [0.25, 0.3) is 11.5 Å². The van der Waals surface area contributed by atoms with Crippen molar-refractivity contribution in [1.82, 2.24) is 9.47 Å². The molecule has 0 spiro atoms. The average Bonchev–Trinajstić information content (AvgIpc) is 3.13. The van der Waals surface area contributed by atoms with Gasteiger partial charge in [-0.15, -0.1) is 0 Å². The molecule has 0 atom stereocenters. The zero-order valence-electron chi connectivity index (χ0n) is 19.9. The molecule has 36 heavy (non-hydrogen) atoms. The summed E-state index contributed by atoms with van der Waals surface area (Å²) in [6.45, 7) is 6.13. The van der Waals surface area contributed by atoms with Crippen molar-refractivity contribution in [3.05, 3.63) is 62.3 Å². The molecular weight excluding hydrogens is 498 g/mol. The van der Waals surface area contributed by atoms with Gasteiger partial charge in [0.1, 0.15) is 28.3 Å². The Morgan fingerprint density at radius 2 is 1.81 bits per heavy atom. The monoisotopic (exact) mass is 523 g/mol. The Bertz CT molecular complexity index is 1360. The molecule has 3 heterocycles. The van der Waals surface area contributed by atoms with Gasteiger partial charge in [0.2, 0.25) is 0 Å². The number of piperazine rings is 1. The number of carboxylic acids is 1. The molecule has 2 fully saturated rings. The van der Waals surface area contributed by atoms with E-state index in [1.807, 2.05) is 31.2 Å². The predicted molar refractivity (Wildman–Crippen MR) is 144 cm³/mol. The number of carbonyl (C=O) groups excluding carboxylic acids is 1. The minimum atomic E-state index is -1.16. The molecule has 1 aromatic heterocycles. The van der Waals surface area contributed by atoms with Crippen molar-refractivity contribution >= 4 is 57.8 Å². The van der Waals surface area contributed by atoms with Crippen LogP contribution in [0.15, 0.2) is 40.0 Å². The molecule has 11 heteroatoms. The smallest absolute Gasteiger partial charge is 0.323 e. The highest BCUT2D eigenvalue weighted by molar-refractivity contribution is 8.26. The molecule has 0 unspecified atom stereocenters. The molecule has 2 saturated heterocycles. The van der Waals surface area contributed by atoms with Crippen LogP contribution < -0.4 is 15.4 Å². The first-order chi connectivity index (χ1) is 17.3. The molecule has 0 aliphatic carbocycles. The highest BCUT2D eigenvalue weighted by Gasteiger charge is 2.34. The van der Waals surface area contributed by atoms with E-state index < -0.39 is 18.4 Å². The van der Waals surface area contributed by atoms with Crippen molar-refractivity contribution in [2.45, 2.75) is 20.4 Å². The van der Waals surface area contributed by atoms with Gasteiger partial charge >= 0.3 is 5.97 Å². The number of hydrogen-bond acceptors (Lipinski definition) is 8. The summed E-state index contributed by atoms with van der Waals surface area (Å²) in [6, 6.07) is 12.1. The lowest BCUT2D eigenvalue weighted by Gasteiger charge is -2.39. The molecule has 186 valence electrons. The Labute approximate surface area is 218 Å². The summed E-state index contributed by atoms with van der Waals surface area (Å²) in [5.41, 5.74) is 1.86. The molecule has 4 rings (SSSR count). The van der Waals surface area contributed by atoms with E-state index in [4.69, 9.17) is 17.3 Å². The van der Waals surface area contributed by atoms with Crippen LogP contribution in [-0.4, -0.2) is 63.5 Å². The molecule has 9 nitrogen and oxygen atoms in total. The van der Waals surface area contributed by atoms with Crippen molar-refractivity contribution in [3.63, 3.8) is 0 Å². The minimum absolute atomic E-state index is 0.0239. The molecule has 1 N–H and O–H groups in total. The molecular formula is C25H25N5O4S2. The number of rotatable bonds is 6. The Morgan fingerprint density at radius 1 is 1.17 bits per heavy atom. The Balaban J connectivity index is 1.77. The summed E-state index contributed by atoms with van der Waals surface area (Å²) in [7, 11) is 0. The molecule has 0 saturated carbocycles. The first-order valence-corrected chi connectivity index (χ1v) is 12.7. The number of aromatic nitrogens is 1. The standard InChI is InChI=1S/C25H25N5O4S2/c1-3-29-22(28-11-9-27(10-12-28)17-7-5-4-6-8-17)18(16(2)19(14-26)23(29)33)13-20-24(34)30(15-21(31)32)25(35)36-20/h4-8,13H,3,9-12,15H2,1-2H3,(H,31,32)/b20-13+. The number of para-hydroxylation sites is 1. The summed E-state index contributed by atoms with van der Waals surface area (Å²) in [4.78, 5) is 43.0. The third kappa shape index (κ3) is 4.74. The Kier molecular flexibility index (Phi) is 7.47. The van der Waals surface area contributed by atoms with E-state index in [2.05, 4.69) is 21.9 Å². The van der Waals surface area contributed by atoms with E-state index in [1.165, 1.54) is 0 Å². The van der Waals surface area contributed by atoms with Crippen molar-refractivity contribution < 1.29 is 14.7 Å². The van der Waals surface area contributed by atoms with Crippen LogP contribution in [0.4, 0.5) is 11.5 Å². The van der Waals surface area contributed by atoms with E-state index in [1.54, 1.807) is 17.6 Å². The summed E-state index contributed by atoms with van der Waals surface area (Å²) in [5.74, 6) is -1.01. The first kappa shape index (κ1) is 25.5. The number of thiocarbonyl (C=S) groups is 1. The summed E-state index contributed by atoms with van der Waals surface area (Å²) in [6.07, 6.45) is 1.64. The van der Waals surface area contributed by atoms with Gasteiger partial charge in [-0.25, -0.2) is 0 Å². The van der Waals surface area contributed by atoms with E-state index in [0.717, 1.165) is 35.4 Å². The second kappa shape index (κ2) is 10.6. The largest absolute Gasteiger partial charge is 0.480 e. The van der Waals surface area contributed by atoms with Gasteiger partial charge in [0.15, 0.2) is 0 Å². The van der Waals surface area contributed by atoms with Crippen molar-refractivity contribution in [1.29, 1.82) is 5.26 Å². The van der Waals surface area contributed by atoms with Crippen LogP contribution in [0.3, 0.4) is 0 Å². The van der Waals surface area contributed by atoms with Crippen LogP contribution in [0.2, 0.25) is 0 Å². The topological polar surface area (TPSA) is 110 Å². The molecule has 1 amide bonds.